The van der Waals surface area contributed by atoms with Crippen LogP contribution in [0.4, 0.5) is 18.9 Å². The van der Waals surface area contributed by atoms with E-state index in [1.54, 1.807) is 6.07 Å². The third-order valence-corrected chi connectivity index (χ3v) is 4.51. The van der Waals surface area contributed by atoms with Crippen molar-refractivity contribution >= 4 is 21.6 Å². The third-order valence-electron chi connectivity index (χ3n) is 3.82. The number of alkyl halides is 3. The van der Waals surface area contributed by atoms with Gasteiger partial charge in [-0.05, 0) is 49.3 Å². The van der Waals surface area contributed by atoms with Crippen LogP contribution in [0.3, 0.4) is 0 Å². The highest BCUT2D eigenvalue weighted by atomic mass is 79.9. The predicted octanol–water partition coefficient (Wildman–Crippen LogP) is 5.70. The molecule has 0 bridgehead atoms. The maximum Gasteiger partial charge on any atom is 0.417 e. The average molecular weight is 350 g/mol. The lowest BCUT2D eigenvalue weighted by Crippen LogP contribution is -2.30. The first-order valence-corrected chi connectivity index (χ1v) is 7.68. The lowest BCUT2D eigenvalue weighted by atomic mass is 9.80. The number of anilines is 1. The van der Waals surface area contributed by atoms with Gasteiger partial charge in [0, 0.05) is 16.2 Å². The van der Waals surface area contributed by atoms with Crippen LogP contribution in [-0.2, 0) is 6.18 Å². The van der Waals surface area contributed by atoms with Gasteiger partial charge >= 0.3 is 6.18 Å². The Bertz CT molecular complexity index is 463. The molecule has 1 aliphatic carbocycles. The molecule has 2 atom stereocenters. The Morgan fingerprint density at radius 3 is 2.25 bits per heavy atom. The Morgan fingerprint density at radius 2 is 1.70 bits per heavy atom. The summed E-state index contributed by atoms with van der Waals surface area (Å²) in [7, 11) is 0. The van der Waals surface area contributed by atoms with Gasteiger partial charge < -0.3 is 5.32 Å². The minimum Gasteiger partial charge on any atom is -0.382 e. The third kappa shape index (κ3) is 3.90. The van der Waals surface area contributed by atoms with Crippen LogP contribution in [0.2, 0.25) is 0 Å². The second kappa shape index (κ2) is 5.96. The first-order valence-electron chi connectivity index (χ1n) is 6.89. The summed E-state index contributed by atoms with van der Waals surface area (Å²) >= 11 is 2.96. The Balaban J connectivity index is 2.14. The molecule has 0 heterocycles. The van der Waals surface area contributed by atoms with Gasteiger partial charge in [0.05, 0.1) is 5.56 Å². The van der Waals surface area contributed by atoms with Gasteiger partial charge in [-0.15, -0.1) is 0 Å². The van der Waals surface area contributed by atoms with Crippen molar-refractivity contribution in [2.45, 2.75) is 45.3 Å². The zero-order valence-corrected chi connectivity index (χ0v) is 13.2. The van der Waals surface area contributed by atoms with Crippen molar-refractivity contribution < 1.29 is 13.2 Å². The summed E-state index contributed by atoms with van der Waals surface area (Å²) < 4.78 is 38.7. The summed E-state index contributed by atoms with van der Waals surface area (Å²) in [6.07, 6.45) is -1.10. The minimum absolute atomic E-state index is 0.0842. The van der Waals surface area contributed by atoms with Crippen LogP contribution in [0.15, 0.2) is 22.7 Å². The van der Waals surface area contributed by atoms with Gasteiger partial charge in [-0.25, -0.2) is 0 Å². The van der Waals surface area contributed by atoms with Crippen molar-refractivity contribution in [2.24, 2.45) is 11.8 Å². The quantitative estimate of drug-likeness (QED) is 0.721. The highest BCUT2D eigenvalue weighted by molar-refractivity contribution is 9.10. The molecule has 0 amide bonds. The van der Waals surface area contributed by atoms with E-state index in [1.807, 2.05) is 0 Å². The summed E-state index contributed by atoms with van der Waals surface area (Å²) in [5, 5.41) is 3.26. The van der Waals surface area contributed by atoms with E-state index in [2.05, 4.69) is 35.1 Å². The molecule has 20 heavy (non-hydrogen) atoms. The second-order valence-electron chi connectivity index (χ2n) is 5.95. The van der Waals surface area contributed by atoms with E-state index in [-0.39, 0.29) is 10.5 Å². The normalized spacial score (nSPS) is 27.4. The summed E-state index contributed by atoms with van der Waals surface area (Å²) in [6.45, 7) is 4.40. The zero-order chi connectivity index (χ0) is 14.9. The molecule has 0 radical (unpaired) electrons. The summed E-state index contributed by atoms with van der Waals surface area (Å²) in [5.74, 6) is 1.24. The molecule has 0 saturated heterocycles. The number of hydrogen-bond acceptors (Lipinski definition) is 1. The predicted molar refractivity (Wildman–Crippen MR) is 78.7 cm³/mol. The highest BCUT2D eigenvalue weighted by Crippen LogP contribution is 2.37. The Hall–Kier alpha value is -0.710. The van der Waals surface area contributed by atoms with E-state index >= 15 is 0 Å². The van der Waals surface area contributed by atoms with Crippen molar-refractivity contribution in [2.75, 3.05) is 5.32 Å². The first kappa shape index (κ1) is 15.7. The summed E-state index contributed by atoms with van der Waals surface area (Å²) in [5.41, 5.74) is -0.0776. The number of nitrogens with one attached hydrogen (secondary N) is 1. The summed E-state index contributed by atoms with van der Waals surface area (Å²) in [6, 6.07) is 4.61. The molecule has 1 saturated carbocycles. The van der Waals surface area contributed by atoms with Crippen molar-refractivity contribution in [1.29, 1.82) is 0 Å². The molecular formula is C15H19BrF3N. The van der Waals surface area contributed by atoms with Crippen LogP contribution >= 0.6 is 15.9 Å². The number of rotatable bonds is 2. The molecular weight excluding hydrogens is 331 g/mol. The van der Waals surface area contributed by atoms with Crippen LogP contribution in [0.25, 0.3) is 0 Å². The van der Waals surface area contributed by atoms with E-state index in [4.69, 9.17) is 0 Å². The molecule has 1 fully saturated rings. The molecule has 0 aliphatic heterocycles. The molecule has 1 aromatic carbocycles. The van der Waals surface area contributed by atoms with Crippen LogP contribution in [0.1, 0.15) is 38.7 Å². The van der Waals surface area contributed by atoms with Crippen LogP contribution in [0, 0.1) is 11.8 Å². The molecule has 1 nitrogen and oxygen atoms in total. The average Bonchev–Trinajstić information content (AvgIpc) is 2.29. The first-order chi connectivity index (χ1) is 9.25. The van der Waals surface area contributed by atoms with E-state index in [0.717, 1.165) is 12.8 Å². The summed E-state index contributed by atoms with van der Waals surface area (Å²) in [4.78, 5) is 0. The van der Waals surface area contributed by atoms with E-state index < -0.39 is 11.7 Å². The SMILES string of the molecule is CC1CC(C)CC(Nc2ccc(Br)c(C(F)(F)F)c2)C1. The zero-order valence-electron chi connectivity index (χ0n) is 11.6. The van der Waals surface area contributed by atoms with Gasteiger partial charge in [0.1, 0.15) is 0 Å². The van der Waals surface area contributed by atoms with Crippen LogP contribution in [-0.4, -0.2) is 6.04 Å². The van der Waals surface area contributed by atoms with Crippen LogP contribution < -0.4 is 5.32 Å². The minimum atomic E-state index is -4.33. The Labute approximate surface area is 126 Å². The fourth-order valence-electron chi connectivity index (χ4n) is 3.13. The Morgan fingerprint density at radius 1 is 1.10 bits per heavy atom. The van der Waals surface area contributed by atoms with Crippen LogP contribution in [0.5, 0.6) is 0 Å². The molecule has 2 rings (SSSR count). The van der Waals surface area contributed by atoms with Gasteiger partial charge in [0.15, 0.2) is 0 Å². The molecule has 112 valence electrons. The fraction of sp³-hybridized carbons (Fsp3) is 0.600. The number of halogens is 4. The standard InChI is InChI=1S/C15H19BrF3N/c1-9-5-10(2)7-12(6-9)20-11-3-4-14(16)13(8-11)15(17,18)19/h3-4,8-10,12,20H,5-7H2,1-2H3. The molecule has 1 aromatic rings. The smallest absolute Gasteiger partial charge is 0.382 e. The molecule has 2 unspecified atom stereocenters. The van der Waals surface area contributed by atoms with Gasteiger partial charge in [0.2, 0.25) is 0 Å². The number of hydrogen-bond donors (Lipinski definition) is 1. The molecule has 0 spiro atoms. The maximum absolute atomic E-state index is 12.9. The largest absolute Gasteiger partial charge is 0.417 e. The van der Waals surface area contributed by atoms with Gasteiger partial charge in [-0.3, -0.25) is 0 Å². The Kier molecular flexibility index (Phi) is 4.67. The lowest BCUT2D eigenvalue weighted by Gasteiger charge is -2.32. The molecule has 1 aliphatic rings. The van der Waals surface area contributed by atoms with E-state index in [9.17, 15) is 13.2 Å². The molecule has 5 heteroatoms. The van der Waals surface area contributed by atoms with Gasteiger partial charge in [-0.2, -0.15) is 13.2 Å². The van der Waals surface area contributed by atoms with Crippen molar-refractivity contribution in [3.8, 4) is 0 Å². The van der Waals surface area contributed by atoms with Crippen molar-refractivity contribution in [1.82, 2.24) is 0 Å². The van der Waals surface area contributed by atoms with Crippen molar-refractivity contribution in [3.05, 3.63) is 28.2 Å². The van der Waals surface area contributed by atoms with E-state index in [1.165, 1.54) is 18.6 Å². The monoisotopic (exact) mass is 349 g/mol. The molecule has 0 aromatic heterocycles. The van der Waals surface area contributed by atoms with E-state index in [0.29, 0.717) is 17.5 Å². The molecule has 1 N–H and O–H groups in total. The van der Waals surface area contributed by atoms with Crippen molar-refractivity contribution in [3.63, 3.8) is 0 Å². The number of benzene rings is 1. The highest BCUT2D eigenvalue weighted by Gasteiger charge is 2.33. The maximum atomic E-state index is 12.9. The topological polar surface area (TPSA) is 12.0 Å². The fourth-order valence-corrected chi connectivity index (χ4v) is 3.60. The lowest BCUT2D eigenvalue weighted by molar-refractivity contribution is -0.138. The second-order valence-corrected chi connectivity index (χ2v) is 6.81. The van der Waals surface area contributed by atoms with Gasteiger partial charge in [-0.1, -0.05) is 29.8 Å². The van der Waals surface area contributed by atoms with Gasteiger partial charge in [0.25, 0.3) is 0 Å².